The van der Waals surface area contributed by atoms with Gasteiger partial charge in [-0.15, -0.1) is 0 Å². The third-order valence-electron chi connectivity index (χ3n) is 4.28. The van der Waals surface area contributed by atoms with E-state index in [1.54, 1.807) is 24.3 Å². The Bertz CT molecular complexity index is 917. The Labute approximate surface area is 153 Å². The Morgan fingerprint density at radius 3 is 2.30 bits per heavy atom. The Balaban J connectivity index is 1.73. The van der Waals surface area contributed by atoms with Crippen LogP contribution in [0.3, 0.4) is 0 Å². The number of benzene rings is 2. The number of hydrogen-bond donors (Lipinski definition) is 0. The van der Waals surface area contributed by atoms with Crippen molar-refractivity contribution in [3.63, 3.8) is 0 Å². The summed E-state index contributed by atoms with van der Waals surface area (Å²) in [6.07, 6.45) is -4.47. The summed E-state index contributed by atoms with van der Waals surface area (Å²) in [4.78, 5) is 27.7. The van der Waals surface area contributed by atoms with Gasteiger partial charge in [0.05, 0.1) is 16.8 Å². The van der Waals surface area contributed by atoms with Crippen molar-refractivity contribution in [2.45, 2.75) is 6.18 Å². The number of para-hydroxylation sites is 1. The van der Waals surface area contributed by atoms with Gasteiger partial charge in [0.25, 0.3) is 5.91 Å². The molecule has 0 spiro atoms. The number of nitriles is 1. The quantitative estimate of drug-likeness (QED) is 0.813. The molecule has 0 aliphatic carbocycles. The molecule has 0 atom stereocenters. The molecule has 1 fully saturated rings. The maximum atomic E-state index is 12.6. The van der Waals surface area contributed by atoms with Gasteiger partial charge < -0.3 is 9.80 Å². The smallest absolute Gasteiger partial charge is 0.328 e. The highest BCUT2D eigenvalue weighted by Gasteiger charge is 2.32. The first kappa shape index (κ1) is 18.5. The van der Waals surface area contributed by atoms with Gasteiger partial charge in [0, 0.05) is 18.7 Å². The Morgan fingerprint density at radius 1 is 1.04 bits per heavy atom. The van der Waals surface area contributed by atoms with Crippen molar-refractivity contribution in [1.82, 2.24) is 4.90 Å². The van der Waals surface area contributed by atoms with E-state index < -0.39 is 17.6 Å². The molecule has 0 unspecified atom stereocenters. The summed E-state index contributed by atoms with van der Waals surface area (Å²) in [6.45, 7) is 0.203. The van der Waals surface area contributed by atoms with Gasteiger partial charge in [0.15, 0.2) is 0 Å². The van der Waals surface area contributed by atoms with Crippen LogP contribution in [0, 0.1) is 11.3 Å². The maximum Gasteiger partial charge on any atom is 0.416 e. The summed E-state index contributed by atoms with van der Waals surface area (Å²) in [7, 11) is 0. The number of hydrogen-bond acceptors (Lipinski definition) is 3. The zero-order valence-electron chi connectivity index (χ0n) is 14.0. The highest BCUT2D eigenvalue weighted by molar-refractivity contribution is 6.02. The second-order valence-corrected chi connectivity index (χ2v) is 5.98. The van der Waals surface area contributed by atoms with Crippen molar-refractivity contribution >= 4 is 17.5 Å². The third kappa shape index (κ3) is 3.77. The van der Waals surface area contributed by atoms with Crippen LogP contribution in [-0.4, -0.2) is 36.3 Å². The average molecular weight is 373 g/mol. The third-order valence-corrected chi connectivity index (χ3v) is 4.28. The van der Waals surface area contributed by atoms with Crippen molar-refractivity contribution in [2.24, 2.45) is 0 Å². The fourth-order valence-corrected chi connectivity index (χ4v) is 2.89. The fraction of sp³-hybridized carbons (Fsp3) is 0.211. The van der Waals surface area contributed by atoms with Crippen molar-refractivity contribution in [2.75, 3.05) is 24.5 Å². The van der Waals surface area contributed by atoms with Crippen molar-refractivity contribution in [1.29, 1.82) is 5.26 Å². The molecule has 2 aromatic rings. The molecule has 1 saturated heterocycles. The van der Waals surface area contributed by atoms with Gasteiger partial charge >= 0.3 is 6.18 Å². The first-order chi connectivity index (χ1) is 12.8. The van der Waals surface area contributed by atoms with Gasteiger partial charge in [-0.25, -0.2) is 0 Å². The number of anilines is 1. The van der Waals surface area contributed by atoms with Gasteiger partial charge in [-0.05, 0) is 36.4 Å². The number of nitrogens with zero attached hydrogens (tertiary/aromatic N) is 3. The number of piperazine rings is 1. The van der Waals surface area contributed by atoms with E-state index in [2.05, 4.69) is 0 Å². The second kappa shape index (κ2) is 7.11. The molecule has 0 bridgehead atoms. The second-order valence-electron chi connectivity index (χ2n) is 5.98. The zero-order valence-corrected chi connectivity index (χ0v) is 14.0. The van der Waals surface area contributed by atoms with E-state index in [4.69, 9.17) is 0 Å². The largest absolute Gasteiger partial charge is 0.416 e. The van der Waals surface area contributed by atoms with E-state index in [1.807, 2.05) is 6.07 Å². The van der Waals surface area contributed by atoms with Crippen LogP contribution in [0.1, 0.15) is 21.5 Å². The van der Waals surface area contributed by atoms with E-state index in [9.17, 15) is 28.0 Å². The van der Waals surface area contributed by atoms with E-state index >= 15 is 0 Å². The predicted molar refractivity (Wildman–Crippen MR) is 90.9 cm³/mol. The minimum absolute atomic E-state index is 0.0849. The molecule has 27 heavy (non-hydrogen) atoms. The van der Waals surface area contributed by atoms with Crippen LogP contribution in [0.5, 0.6) is 0 Å². The number of carbonyl (C=O) groups is 2. The van der Waals surface area contributed by atoms with Crippen LogP contribution in [0.4, 0.5) is 18.9 Å². The van der Waals surface area contributed by atoms with Gasteiger partial charge in [-0.2, -0.15) is 18.4 Å². The molecule has 2 aromatic carbocycles. The first-order valence-corrected chi connectivity index (χ1v) is 8.07. The standard InChI is InChI=1S/C19H14F3N3O2/c20-19(21,22)15-7-5-13(6-8-15)18(27)24-9-10-25(17(26)12-24)16-4-2-1-3-14(16)11-23/h1-8H,9-10,12H2. The maximum absolute atomic E-state index is 12.6. The minimum Gasteiger partial charge on any atom is -0.328 e. The molecular formula is C19H14F3N3O2. The number of halogens is 3. The SMILES string of the molecule is N#Cc1ccccc1N1CCN(C(=O)c2ccc(C(F)(F)F)cc2)CC1=O. The van der Waals surface area contributed by atoms with Crippen molar-refractivity contribution in [3.05, 3.63) is 65.2 Å². The number of carbonyl (C=O) groups excluding carboxylic acids is 2. The first-order valence-electron chi connectivity index (χ1n) is 8.07. The summed E-state index contributed by atoms with van der Waals surface area (Å²) in [6, 6.07) is 12.6. The summed E-state index contributed by atoms with van der Waals surface area (Å²) < 4.78 is 37.9. The lowest BCUT2D eigenvalue weighted by atomic mass is 10.1. The molecule has 3 rings (SSSR count). The lowest BCUT2D eigenvalue weighted by molar-refractivity contribution is -0.137. The molecular weight excluding hydrogens is 359 g/mol. The van der Waals surface area contributed by atoms with Crippen LogP contribution in [0.25, 0.3) is 0 Å². The van der Waals surface area contributed by atoms with Gasteiger partial charge in [-0.3, -0.25) is 9.59 Å². The number of amides is 2. The Morgan fingerprint density at radius 2 is 1.70 bits per heavy atom. The minimum atomic E-state index is -4.47. The molecule has 0 radical (unpaired) electrons. The summed E-state index contributed by atoms with van der Waals surface area (Å²) in [5, 5.41) is 9.17. The normalized spacial score (nSPS) is 14.8. The molecule has 0 saturated carbocycles. The average Bonchev–Trinajstić information content (AvgIpc) is 2.67. The van der Waals surface area contributed by atoms with Crippen molar-refractivity contribution < 1.29 is 22.8 Å². The highest BCUT2D eigenvalue weighted by Crippen LogP contribution is 2.29. The van der Waals surface area contributed by atoms with E-state index in [1.165, 1.54) is 9.80 Å². The number of alkyl halides is 3. The molecule has 1 aliphatic rings. The van der Waals surface area contributed by atoms with E-state index in [0.717, 1.165) is 24.3 Å². The van der Waals surface area contributed by atoms with E-state index in [0.29, 0.717) is 11.3 Å². The van der Waals surface area contributed by atoms with Crippen LogP contribution in [0.2, 0.25) is 0 Å². The molecule has 1 heterocycles. The monoisotopic (exact) mass is 373 g/mol. The Kier molecular flexibility index (Phi) is 4.86. The summed E-state index contributed by atoms with van der Waals surface area (Å²) in [5.74, 6) is -0.866. The molecule has 138 valence electrons. The van der Waals surface area contributed by atoms with Gasteiger partial charge in [0.1, 0.15) is 12.6 Å². The van der Waals surface area contributed by atoms with Gasteiger partial charge in [-0.1, -0.05) is 12.1 Å². The Hall–Kier alpha value is -3.34. The van der Waals surface area contributed by atoms with Crippen LogP contribution >= 0.6 is 0 Å². The summed E-state index contributed by atoms with van der Waals surface area (Å²) in [5.41, 5.74) is 0.0785. The molecule has 0 aromatic heterocycles. The predicted octanol–water partition coefficient (Wildman–Crippen LogP) is 3.07. The van der Waals surface area contributed by atoms with Crippen LogP contribution in [-0.2, 0) is 11.0 Å². The van der Waals surface area contributed by atoms with E-state index in [-0.39, 0.29) is 31.1 Å². The van der Waals surface area contributed by atoms with Gasteiger partial charge in [0.2, 0.25) is 5.91 Å². The molecule has 8 heteroatoms. The van der Waals surface area contributed by atoms with Crippen molar-refractivity contribution in [3.8, 4) is 6.07 Å². The zero-order chi connectivity index (χ0) is 19.6. The topological polar surface area (TPSA) is 64.4 Å². The summed E-state index contributed by atoms with van der Waals surface area (Å²) >= 11 is 0. The molecule has 5 nitrogen and oxygen atoms in total. The molecule has 0 N–H and O–H groups in total. The van der Waals surface area contributed by atoms with Crippen LogP contribution < -0.4 is 4.90 Å². The fourth-order valence-electron chi connectivity index (χ4n) is 2.89. The molecule has 1 aliphatic heterocycles. The molecule has 2 amide bonds. The van der Waals surface area contributed by atoms with Crippen LogP contribution in [0.15, 0.2) is 48.5 Å². The lowest BCUT2D eigenvalue weighted by Gasteiger charge is -2.34. The highest BCUT2D eigenvalue weighted by atomic mass is 19.4. The lowest BCUT2D eigenvalue weighted by Crippen LogP contribution is -2.52. The number of rotatable bonds is 2.